The number of rotatable bonds is 1. The van der Waals surface area contributed by atoms with Crippen LogP contribution in [0.25, 0.3) is 17.0 Å². The summed E-state index contributed by atoms with van der Waals surface area (Å²) in [5.41, 5.74) is 7.15. The molecule has 6 nitrogen and oxygen atoms in total. The Bertz CT molecular complexity index is 673. The van der Waals surface area contributed by atoms with E-state index in [0.29, 0.717) is 16.2 Å². The Morgan fingerprint density at radius 2 is 1.88 bits per heavy atom. The zero-order chi connectivity index (χ0) is 11.8. The molecule has 84 valence electrons. The highest BCUT2D eigenvalue weighted by Gasteiger charge is 2.07. The van der Waals surface area contributed by atoms with Crippen molar-refractivity contribution in [3.63, 3.8) is 0 Å². The number of nitrogens with two attached hydrogens (primary N) is 1. The molecule has 0 bridgehead atoms. The van der Waals surface area contributed by atoms with Gasteiger partial charge in [-0.25, -0.2) is 9.67 Å². The number of halogens is 1. The average molecular weight is 291 g/mol. The number of hydrogen-bond donors (Lipinski definition) is 1. The summed E-state index contributed by atoms with van der Waals surface area (Å²) in [7, 11) is 0. The molecule has 0 unspecified atom stereocenters. The minimum atomic E-state index is 0.390. The second kappa shape index (κ2) is 3.77. The summed E-state index contributed by atoms with van der Waals surface area (Å²) in [6.07, 6.45) is 1.70. The highest BCUT2D eigenvalue weighted by atomic mass is 79.9. The third-order valence-electron chi connectivity index (χ3n) is 2.25. The maximum Gasteiger partial charge on any atom is 0.270 e. The van der Waals surface area contributed by atoms with Crippen molar-refractivity contribution in [3.8, 4) is 5.95 Å². The Kier molecular flexibility index (Phi) is 2.25. The molecule has 2 aromatic heterocycles. The fraction of sp³-hybridized carbons (Fsp3) is 0. The second-order valence-corrected chi connectivity index (χ2v) is 4.26. The lowest BCUT2D eigenvalue weighted by atomic mass is 10.3. The predicted molar refractivity (Wildman–Crippen MR) is 66.6 cm³/mol. The van der Waals surface area contributed by atoms with E-state index < -0.39 is 0 Å². The van der Waals surface area contributed by atoms with Crippen LogP contribution in [0.4, 0.5) is 5.82 Å². The van der Waals surface area contributed by atoms with Crippen LogP contribution in [0.15, 0.2) is 34.9 Å². The summed E-state index contributed by atoms with van der Waals surface area (Å²) >= 11 is 3.28. The summed E-state index contributed by atoms with van der Waals surface area (Å²) in [5.74, 6) is 0.780. The van der Waals surface area contributed by atoms with Crippen molar-refractivity contribution >= 4 is 32.8 Å². The normalized spacial score (nSPS) is 10.9. The second-order valence-electron chi connectivity index (χ2n) is 3.41. The summed E-state index contributed by atoms with van der Waals surface area (Å²) in [6, 6.07) is 7.51. The minimum Gasteiger partial charge on any atom is -0.381 e. The molecule has 0 atom stereocenters. The van der Waals surface area contributed by atoms with Gasteiger partial charge in [0, 0.05) is 0 Å². The lowest BCUT2D eigenvalue weighted by Crippen LogP contribution is -2.04. The first-order valence-corrected chi connectivity index (χ1v) is 5.64. The van der Waals surface area contributed by atoms with E-state index >= 15 is 0 Å². The van der Waals surface area contributed by atoms with Gasteiger partial charge in [-0.15, -0.1) is 15.3 Å². The molecule has 0 saturated heterocycles. The van der Waals surface area contributed by atoms with Crippen LogP contribution in [0.5, 0.6) is 0 Å². The van der Waals surface area contributed by atoms with Gasteiger partial charge < -0.3 is 5.73 Å². The van der Waals surface area contributed by atoms with Crippen molar-refractivity contribution in [3.05, 3.63) is 34.9 Å². The topological polar surface area (TPSA) is 82.5 Å². The van der Waals surface area contributed by atoms with E-state index in [2.05, 4.69) is 36.2 Å². The fourth-order valence-corrected chi connectivity index (χ4v) is 1.71. The number of nitrogen functional groups attached to an aromatic ring is 1. The molecule has 3 aromatic rings. The quantitative estimate of drug-likeness (QED) is 0.735. The molecule has 0 aliphatic heterocycles. The van der Waals surface area contributed by atoms with E-state index in [9.17, 15) is 0 Å². The average Bonchev–Trinajstić information content (AvgIpc) is 2.69. The van der Waals surface area contributed by atoms with Crippen LogP contribution in [0, 0.1) is 0 Å². The van der Waals surface area contributed by atoms with Crippen LogP contribution in [0.1, 0.15) is 0 Å². The van der Waals surface area contributed by atoms with E-state index in [1.807, 2.05) is 24.3 Å². The molecule has 0 amide bonds. The van der Waals surface area contributed by atoms with E-state index in [1.165, 1.54) is 4.68 Å². The van der Waals surface area contributed by atoms with Gasteiger partial charge in [-0.3, -0.25) is 0 Å². The van der Waals surface area contributed by atoms with Crippen LogP contribution < -0.4 is 5.73 Å². The van der Waals surface area contributed by atoms with Crippen LogP contribution in [-0.2, 0) is 0 Å². The zero-order valence-electron chi connectivity index (χ0n) is 8.58. The van der Waals surface area contributed by atoms with Gasteiger partial charge >= 0.3 is 0 Å². The molecule has 0 spiro atoms. The molecule has 0 saturated carbocycles. The number of fused-ring (bicyclic) bond motifs is 1. The lowest BCUT2D eigenvalue weighted by molar-refractivity contribution is 0.790. The van der Waals surface area contributed by atoms with Gasteiger partial charge in [0.1, 0.15) is 5.52 Å². The summed E-state index contributed by atoms with van der Waals surface area (Å²) < 4.78 is 2.19. The Balaban J connectivity index is 2.17. The zero-order valence-corrected chi connectivity index (χ0v) is 10.2. The molecule has 0 aliphatic rings. The van der Waals surface area contributed by atoms with Gasteiger partial charge in [-0.1, -0.05) is 12.1 Å². The largest absolute Gasteiger partial charge is 0.381 e. The molecule has 2 heterocycles. The molecular weight excluding hydrogens is 284 g/mol. The van der Waals surface area contributed by atoms with Crippen LogP contribution >= 0.6 is 15.9 Å². The first-order valence-electron chi connectivity index (χ1n) is 4.84. The summed E-state index contributed by atoms with van der Waals surface area (Å²) in [4.78, 5) is 4.35. The SMILES string of the molecule is Nc1nn(-c2nnc3ccccc3n2)cc1Br. The third-order valence-corrected chi connectivity index (χ3v) is 2.86. The van der Waals surface area contributed by atoms with Crippen molar-refractivity contribution in [2.24, 2.45) is 0 Å². The van der Waals surface area contributed by atoms with E-state index in [1.54, 1.807) is 6.20 Å². The van der Waals surface area contributed by atoms with Gasteiger partial charge in [0.15, 0.2) is 5.82 Å². The highest BCUT2D eigenvalue weighted by molar-refractivity contribution is 9.10. The van der Waals surface area contributed by atoms with E-state index in [0.717, 1.165) is 11.0 Å². The number of anilines is 1. The Morgan fingerprint density at radius 3 is 2.59 bits per heavy atom. The molecule has 0 fully saturated rings. The standard InChI is InChI=1S/C10H7BrN6/c11-6-5-17(16-9(6)12)10-13-7-3-1-2-4-8(7)14-15-10/h1-5H,(H2,12,16). The van der Waals surface area contributed by atoms with Gasteiger partial charge in [0.2, 0.25) is 0 Å². The molecule has 3 rings (SSSR count). The maximum atomic E-state index is 5.64. The molecule has 0 radical (unpaired) electrons. The van der Waals surface area contributed by atoms with Crippen LogP contribution in [0.2, 0.25) is 0 Å². The van der Waals surface area contributed by atoms with Crippen LogP contribution in [0.3, 0.4) is 0 Å². The van der Waals surface area contributed by atoms with Gasteiger partial charge in [-0.05, 0) is 28.1 Å². The monoisotopic (exact) mass is 290 g/mol. The summed E-state index contributed by atoms with van der Waals surface area (Å²) in [6.45, 7) is 0. The van der Waals surface area contributed by atoms with Gasteiger partial charge in [0.05, 0.1) is 16.2 Å². The van der Waals surface area contributed by atoms with E-state index in [4.69, 9.17) is 5.73 Å². The van der Waals surface area contributed by atoms with Gasteiger partial charge in [-0.2, -0.15) is 0 Å². The number of benzene rings is 1. The first-order chi connectivity index (χ1) is 8.24. The summed E-state index contributed by atoms with van der Waals surface area (Å²) in [5, 5.41) is 12.1. The van der Waals surface area contributed by atoms with Crippen molar-refractivity contribution in [1.82, 2.24) is 25.0 Å². The molecule has 17 heavy (non-hydrogen) atoms. The third kappa shape index (κ3) is 1.74. The van der Waals surface area contributed by atoms with Crippen molar-refractivity contribution in [1.29, 1.82) is 0 Å². The minimum absolute atomic E-state index is 0.390. The Labute approximate surface area is 105 Å². The lowest BCUT2D eigenvalue weighted by Gasteiger charge is -1.99. The number of para-hydroxylation sites is 1. The highest BCUT2D eigenvalue weighted by Crippen LogP contribution is 2.18. The Morgan fingerprint density at radius 1 is 1.12 bits per heavy atom. The van der Waals surface area contributed by atoms with Crippen molar-refractivity contribution in [2.75, 3.05) is 5.73 Å². The smallest absolute Gasteiger partial charge is 0.270 e. The molecular formula is C10H7BrN6. The number of hydrogen-bond acceptors (Lipinski definition) is 5. The van der Waals surface area contributed by atoms with Gasteiger partial charge in [0.25, 0.3) is 5.95 Å². The fourth-order valence-electron chi connectivity index (χ4n) is 1.44. The molecule has 2 N–H and O–H groups in total. The molecule has 1 aromatic carbocycles. The first kappa shape index (κ1) is 10.2. The molecule has 0 aliphatic carbocycles. The van der Waals surface area contributed by atoms with Crippen LogP contribution in [-0.4, -0.2) is 25.0 Å². The number of nitrogens with zero attached hydrogens (tertiary/aromatic N) is 5. The van der Waals surface area contributed by atoms with Crippen molar-refractivity contribution < 1.29 is 0 Å². The number of aromatic nitrogens is 5. The van der Waals surface area contributed by atoms with Crippen molar-refractivity contribution in [2.45, 2.75) is 0 Å². The predicted octanol–water partition coefficient (Wildman–Crippen LogP) is 1.56. The Hall–Kier alpha value is -2.02. The maximum absolute atomic E-state index is 5.64. The van der Waals surface area contributed by atoms with E-state index in [-0.39, 0.29) is 0 Å². The molecule has 7 heteroatoms.